The van der Waals surface area contributed by atoms with Crippen LogP contribution in [0.15, 0.2) is 91.0 Å². The number of halogens is 4. The van der Waals surface area contributed by atoms with Gasteiger partial charge in [-0.05, 0) is 53.4 Å². The van der Waals surface area contributed by atoms with Crippen LogP contribution < -0.4 is 15.9 Å². The van der Waals surface area contributed by atoms with E-state index in [1.165, 1.54) is 29.0 Å². The molecule has 250 valence electrons. The first-order valence-corrected chi connectivity index (χ1v) is 18.2. The topological polar surface area (TPSA) is 26.4 Å². The van der Waals surface area contributed by atoms with Crippen molar-refractivity contribution in [3.63, 3.8) is 0 Å². The summed E-state index contributed by atoms with van der Waals surface area (Å²) >= 11 is 0. The molecule has 3 aromatic carbocycles. The maximum Gasteiger partial charge on any atom is 0 e. The third-order valence-corrected chi connectivity index (χ3v) is 14.2. The van der Waals surface area contributed by atoms with Crippen LogP contribution in [-0.2, 0) is 21.7 Å². The van der Waals surface area contributed by atoms with Crippen LogP contribution in [0.1, 0.15) is 34.6 Å². The van der Waals surface area contributed by atoms with Gasteiger partial charge in [0.15, 0.2) is 0 Å². The van der Waals surface area contributed by atoms with Crippen LogP contribution in [0.4, 0.5) is 17.3 Å². The van der Waals surface area contributed by atoms with Crippen LogP contribution in [0.3, 0.4) is 0 Å². The van der Waals surface area contributed by atoms with Crippen molar-refractivity contribution in [1.82, 2.24) is 9.34 Å². The molecule has 0 unspecified atom stereocenters. The van der Waals surface area contributed by atoms with E-state index in [1.807, 2.05) is 0 Å². The molecule has 11 heteroatoms. The molecule has 5 rings (SSSR count). The summed E-state index contributed by atoms with van der Waals surface area (Å²) in [4.78, 5) is 0. The Morgan fingerprint density at radius 1 is 0.600 bits per heavy atom. The molecule has 0 atom stereocenters. The first kappa shape index (κ1) is 43.5. The van der Waals surface area contributed by atoms with E-state index in [0.717, 1.165) is 29.6 Å². The number of rotatable bonds is 3. The number of likely N-dealkylation sites (N-methyl/N-ethyl adjacent to an activating group) is 2. The fourth-order valence-corrected chi connectivity index (χ4v) is 9.22. The standard InChI is InChI=1S/C18H15P.C10H20.C5H13N2P.CO.BF4.Fe/c1-4-10-16(11-5-1)19(17-12-6-2-7-13-17)18-14-8-3-9-15-18;1-6-7(2)9(4)10(5)8(6)3;1-6-4-5-7(2)8(6)3;1-2;2-1(3,4)5;/h1-15H;6-10H,1-5H3;4-5H2,1-3H3;;;/q;;;;-1;/p+1. The second kappa shape index (κ2) is 22.1. The number of nitrogens with zero attached hydrogens (tertiary/aromatic N) is 2. The van der Waals surface area contributed by atoms with Gasteiger partial charge in [0.25, 0.3) is 0 Å². The van der Waals surface area contributed by atoms with Crippen molar-refractivity contribution < 1.29 is 39.0 Å². The quantitative estimate of drug-likeness (QED) is 0.0900. The van der Waals surface area contributed by atoms with Gasteiger partial charge in [-0.25, -0.2) is 0 Å². The summed E-state index contributed by atoms with van der Waals surface area (Å²) < 4.78 is 51.4. The van der Waals surface area contributed by atoms with Crippen molar-refractivity contribution >= 4 is 39.3 Å². The molecular formula is C34H49BF4FeN2OP2. The van der Waals surface area contributed by atoms with Crippen LogP contribution >= 0.6 is 16.1 Å². The Morgan fingerprint density at radius 2 is 0.800 bits per heavy atom. The summed E-state index contributed by atoms with van der Waals surface area (Å²) in [6, 6.07) is 32.3. The summed E-state index contributed by atoms with van der Waals surface area (Å²) in [6.45, 7) is 21.4. The molecule has 45 heavy (non-hydrogen) atoms. The van der Waals surface area contributed by atoms with Gasteiger partial charge < -0.3 is 17.3 Å². The average Bonchev–Trinajstić information content (AvgIpc) is 3.40. The van der Waals surface area contributed by atoms with Gasteiger partial charge in [0.1, 0.15) is 8.22 Å². The van der Waals surface area contributed by atoms with Crippen LogP contribution in [0.2, 0.25) is 0 Å². The van der Waals surface area contributed by atoms with Gasteiger partial charge in [-0.15, -0.1) is 0 Å². The Kier molecular flexibility index (Phi) is 21.4. The fourth-order valence-electron chi connectivity index (χ4n) is 5.49. The Labute approximate surface area is 282 Å². The van der Waals surface area contributed by atoms with Crippen LogP contribution in [0.25, 0.3) is 0 Å². The van der Waals surface area contributed by atoms with Gasteiger partial charge in [0.05, 0.1) is 19.8 Å². The minimum absolute atomic E-state index is 0. The van der Waals surface area contributed by atoms with E-state index in [4.69, 9.17) is 4.65 Å². The minimum Gasteiger partial charge on any atom is -0.0622 e. The van der Waals surface area contributed by atoms with E-state index in [1.54, 1.807) is 0 Å². The summed E-state index contributed by atoms with van der Waals surface area (Å²) in [6.07, 6.45) is 0. The molecule has 3 nitrogen and oxygen atoms in total. The Balaban J connectivity index is 0.000000630. The van der Waals surface area contributed by atoms with Gasteiger partial charge in [0, 0.05) is 31.2 Å². The molecule has 3 aromatic rings. The fraction of sp³-hybridized carbons (Fsp3) is 0.441. The van der Waals surface area contributed by atoms with Crippen molar-refractivity contribution in [1.29, 1.82) is 0 Å². The zero-order valence-corrected chi connectivity index (χ0v) is 30.7. The molecule has 0 spiro atoms. The molecular weight excluding hydrogens is 657 g/mol. The number of hydrogen-bond acceptors (Lipinski definition) is 2. The first-order valence-electron chi connectivity index (χ1n) is 15.0. The molecule has 0 N–H and O–H groups in total. The van der Waals surface area contributed by atoms with E-state index < -0.39 is 15.2 Å². The van der Waals surface area contributed by atoms with Crippen molar-refractivity contribution in [2.75, 3.05) is 33.8 Å². The van der Waals surface area contributed by atoms with Gasteiger partial charge in [-0.2, -0.15) is 9.34 Å². The molecule has 0 radical (unpaired) electrons. The van der Waals surface area contributed by atoms with E-state index in [2.05, 4.69) is 162 Å². The maximum atomic E-state index is 9.75. The van der Waals surface area contributed by atoms with E-state index >= 15 is 0 Å². The number of benzene rings is 3. The molecule has 1 saturated heterocycles. The average molecular weight is 706 g/mol. The van der Waals surface area contributed by atoms with Gasteiger partial charge in [0.2, 0.25) is 0 Å². The molecule has 2 aliphatic rings. The van der Waals surface area contributed by atoms with Gasteiger partial charge in [-0.3, -0.25) is 0 Å². The zero-order valence-electron chi connectivity index (χ0n) is 27.7. The van der Waals surface area contributed by atoms with Crippen molar-refractivity contribution in [2.24, 2.45) is 29.6 Å². The predicted molar refractivity (Wildman–Crippen MR) is 185 cm³/mol. The smallest absolute Gasteiger partial charge is 0 e. The number of hydrogen-bond donors (Lipinski definition) is 0. The Hall–Kier alpha value is -1.52. The molecule has 1 heterocycles. The predicted octanol–water partition coefficient (Wildman–Crippen LogP) is 8.42. The van der Waals surface area contributed by atoms with Crippen molar-refractivity contribution in [2.45, 2.75) is 34.6 Å². The van der Waals surface area contributed by atoms with E-state index in [9.17, 15) is 17.3 Å². The van der Waals surface area contributed by atoms with Crippen molar-refractivity contribution in [3.05, 3.63) is 97.6 Å². The van der Waals surface area contributed by atoms with Crippen LogP contribution in [0.5, 0.6) is 0 Å². The van der Waals surface area contributed by atoms with Gasteiger partial charge >= 0.3 is 18.6 Å². The normalized spacial score (nSPS) is 23.0. The van der Waals surface area contributed by atoms with Gasteiger partial charge in [-0.1, -0.05) is 126 Å². The largest absolute Gasteiger partial charge is 0.0622 e. The molecule has 2 fully saturated rings. The molecule has 1 aliphatic heterocycles. The molecule has 0 amide bonds. The summed E-state index contributed by atoms with van der Waals surface area (Å²) in [5.41, 5.74) is 0. The molecule has 0 bridgehead atoms. The Bertz CT molecular complexity index is 1040. The Morgan fingerprint density at radius 3 is 0.956 bits per heavy atom. The summed E-state index contributed by atoms with van der Waals surface area (Å²) in [5, 5.41) is 4.19. The summed E-state index contributed by atoms with van der Waals surface area (Å²) in [5.74, 6) is 4.68. The van der Waals surface area contributed by atoms with Crippen molar-refractivity contribution in [3.8, 4) is 0 Å². The molecule has 1 saturated carbocycles. The maximum absolute atomic E-state index is 9.75. The monoisotopic (exact) mass is 706 g/mol. The second-order valence-electron chi connectivity index (χ2n) is 11.5. The third-order valence-electron chi connectivity index (χ3n) is 9.07. The SMILES string of the molecule is CC1C(C)C(C)C(C)C1C.CN1CCN(C)[PH+]1C.F[B-](F)(F)F.[C-]#[O+].[Fe].c1ccc(P(c2ccccc2)c2ccccc2)cc1. The second-order valence-corrected chi connectivity index (χ2v) is 16.4. The third kappa shape index (κ3) is 15.3. The first-order chi connectivity index (χ1) is 20.7. The van der Waals surface area contributed by atoms with E-state index in [0.29, 0.717) is 0 Å². The van der Waals surface area contributed by atoms with Crippen LogP contribution in [-0.4, -0.2) is 50.4 Å². The molecule has 0 aromatic heterocycles. The minimum atomic E-state index is -6.00. The van der Waals surface area contributed by atoms with Crippen LogP contribution in [0, 0.1) is 36.2 Å². The molecule has 1 aliphatic carbocycles. The zero-order chi connectivity index (χ0) is 33.4. The van der Waals surface area contributed by atoms with E-state index in [-0.39, 0.29) is 25.3 Å². The summed E-state index contributed by atoms with van der Waals surface area (Å²) in [7, 11) is -2.28.